The number of carbonyl (C=O) groups is 1. The summed E-state index contributed by atoms with van der Waals surface area (Å²) < 4.78 is 79.0. The van der Waals surface area contributed by atoms with Gasteiger partial charge in [-0.3, -0.25) is 19.6 Å². The smallest absolute Gasteiger partial charge is 0.322 e. The van der Waals surface area contributed by atoms with E-state index in [4.69, 9.17) is 0 Å². The van der Waals surface area contributed by atoms with Crippen molar-refractivity contribution in [2.45, 2.75) is 11.1 Å². The topological polar surface area (TPSA) is 148 Å². The maximum absolute atomic E-state index is 12.9. The number of sulfonamides is 1. The average molecular weight is 622 g/mol. The predicted octanol–water partition coefficient (Wildman–Crippen LogP) is 5.31. The van der Waals surface area contributed by atoms with Crippen LogP contribution in [0, 0.1) is 10.1 Å². The molecule has 10 nitrogen and oxygen atoms in total. The molecule has 0 aromatic heterocycles. The summed E-state index contributed by atoms with van der Waals surface area (Å²) in [6.07, 6.45) is -4.65. The molecule has 0 fully saturated rings. The van der Waals surface area contributed by atoms with Gasteiger partial charge in [-0.1, -0.05) is 6.07 Å². The van der Waals surface area contributed by atoms with E-state index in [2.05, 4.69) is 13.6 Å². The van der Waals surface area contributed by atoms with Gasteiger partial charge in [-0.2, -0.15) is 13.2 Å². The number of rotatable bonds is 8. The summed E-state index contributed by atoms with van der Waals surface area (Å²) in [6.45, 7) is 0. The first kappa shape index (κ1) is 26.0. The summed E-state index contributed by atoms with van der Waals surface area (Å²) in [5.74, 6) is -0.751. The predicted molar refractivity (Wildman–Crippen MR) is 128 cm³/mol. The van der Waals surface area contributed by atoms with Crippen molar-refractivity contribution in [2.24, 2.45) is 0 Å². The second-order valence-electron chi connectivity index (χ2n) is 6.86. The molecule has 15 heteroatoms. The Morgan fingerprint density at radius 3 is 2.23 bits per heavy atom. The number of nitrogens with zero attached hydrogens (tertiary/aromatic N) is 1. The third-order valence-corrected chi connectivity index (χ3v) is 6.64. The van der Waals surface area contributed by atoms with Crippen LogP contribution in [0.15, 0.2) is 71.6 Å². The molecule has 0 aliphatic carbocycles. The van der Waals surface area contributed by atoms with Crippen molar-refractivity contribution in [2.75, 3.05) is 13.6 Å². The summed E-state index contributed by atoms with van der Waals surface area (Å²) in [6, 6.07) is 11.8. The first-order valence-electron chi connectivity index (χ1n) is 9.32. The average Bonchev–Trinajstić information content (AvgIpc) is 2.78. The Kier molecular flexibility index (Phi) is 7.69. The van der Waals surface area contributed by atoms with Gasteiger partial charge in [0.05, 0.1) is 21.1 Å². The fourth-order valence-electron chi connectivity index (χ4n) is 2.84. The number of hydrogen-bond donors (Lipinski definition) is 3. The molecule has 0 spiro atoms. The third-order valence-electron chi connectivity index (χ3n) is 4.40. The molecule has 0 aliphatic rings. The number of anilines is 3. The number of non-ortho nitro benzene ring substituents is 1. The molecule has 0 bridgehead atoms. The number of hydrogen-bond acceptors (Lipinski definition) is 6. The fourth-order valence-corrected chi connectivity index (χ4v) is 4.46. The molecule has 3 aromatic rings. The maximum Gasteiger partial charge on any atom is 0.416 e. The molecule has 3 rings (SSSR count). The number of nitro groups is 1. The van der Waals surface area contributed by atoms with E-state index < -0.39 is 59.7 Å². The Morgan fingerprint density at radius 1 is 0.943 bits per heavy atom. The van der Waals surface area contributed by atoms with E-state index in [0.717, 1.165) is 36.4 Å². The van der Waals surface area contributed by atoms with Gasteiger partial charge in [0, 0.05) is 29.1 Å². The van der Waals surface area contributed by atoms with E-state index in [-0.39, 0.29) is 27.5 Å². The van der Waals surface area contributed by atoms with Crippen LogP contribution in [-0.2, 0) is 19.3 Å². The minimum Gasteiger partial charge on any atom is -0.322 e. The minimum atomic E-state index is -4.65. The Balaban J connectivity index is 1.77. The van der Waals surface area contributed by atoms with Crippen LogP contribution in [0.5, 0.6) is 0 Å². The van der Waals surface area contributed by atoms with Crippen molar-refractivity contribution >= 4 is 60.1 Å². The third kappa shape index (κ3) is 6.72. The molecular formula is C20H14F3IN4O6S. The van der Waals surface area contributed by atoms with Gasteiger partial charge in [-0.15, -0.1) is 0 Å². The van der Waals surface area contributed by atoms with Gasteiger partial charge in [0.25, 0.3) is 43.1 Å². The SMILES string of the molecule is O=INc1cc(C(=O)Nc2ccc(S(=O)(=O)Nc3cccc(C(F)(F)F)c3)cc2)cc([N+](=O)[O-])c1. The standard InChI is InChI=1S/C20H14F3IN4O6S/c21-20(22,23)13-2-1-3-15(10-13)27-35(33,34)18-6-4-14(5-7-18)25-19(29)12-8-16(26-24-30)11-17(9-12)28(31)32/h1-11,27H,(H,25,29)(H,26,30). The van der Waals surface area contributed by atoms with Crippen molar-refractivity contribution in [3.63, 3.8) is 0 Å². The first-order chi connectivity index (χ1) is 16.4. The van der Waals surface area contributed by atoms with E-state index in [9.17, 15) is 39.6 Å². The summed E-state index contributed by atoms with van der Waals surface area (Å²) in [4.78, 5) is 22.6. The largest absolute Gasteiger partial charge is 0.416 e. The van der Waals surface area contributed by atoms with Crippen LogP contribution in [0.4, 0.5) is 35.9 Å². The number of amides is 1. The van der Waals surface area contributed by atoms with Gasteiger partial charge < -0.3 is 8.85 Å². The molecular weight excluding hydrogens is 608 g/mol. The number of nitrogens with one attached hydrogen (secondary N) is 3. The van der Waals surface area contributed by atoms with Gasteiger partial charge in [0.1, 0.15) is 0 Å². The molecule has 3 aromatic carbocycles. The van der Waals surface area contributed by atoms with E-state index in [0.29, 0.717) is 6.07 Å². The molecule has 0 heterocycles. The van der Waals surface area contributed by atoms with Crippen molar-refractivity contribution in [1.29, 1.82) is 0 Å². The summed E-state index contributed by atoms with van der Waals surface area (Å²) in [5.41, 5.74) is -1.55. The molecule has 0 aliphatic heterocycles. The van der Waals surface area contributed by atoms with Gasteiger partial charge in [-0.05, 0) is 48.5 Å². The summed E-state index contributed by atoms with van der Waals surface area (Å²) >= 11 is -1.70. The zero-order valence-electron chi connectivity index (χ0n) is 17.2. The Labute approximate surface area is 206 Å². The van der Waals surface area contributed by atoms with Crippen molar-refractivity contribution in [3.05, 3.63) is 88.0 Å². The zero-order chi connectivity index (χ0) is 25.8. The zero-order valence-corrected chi connectivity index (χ0v) is 20.1. The lowest BCUT2D eigenvalue weighted by atomic mass is 10.1. The van der Waals surface area contributed by atoms with Crippen LogP contribution < -0.4 is 13.6 Å². The van der Waals surface area contributed by atoms with E-state index in [1.807, 2.05) is 0 Å². The van der Waals surface area contributed by atoms with Crippen LogP contribution in [0.25, 0.3) is 0 Å². The lowest BCUT2D eigenvalue weighted by molar-refractivity contribution is -0.384. The van der Waals surface area contributed by atoms with Crippen LogP contribution in [0.1, 0.15) is 15.9 Å². The molecule has 0 radical (unpaired) electrons. The Hall–Kier alpha value is -3.60. The van der Waals surface area contributed by atoms with E-state index >= 15 is 0 Å². The van der Waals surface area contributed by atoms with Crippen LogP contribution in [0.3, 0.4) is 0 Å². The normalized spacial score (nSPS) is 11.5. The van der Waals surface area contributed by atoms with Crippen LogP contribution >= 0.6 is 21.5 Å². The second kappa shape index (κ2) is 10.3. The molecule has 0 unspecified atom stereocenters. The number of carbonyl (C=O) groups excluding carboxylic acids is 1. The van der Waals surface area contributed by atoms with Crippen molar-refractivity contribution < 1.29 is 34.4 Å². The molecule has 1 amide bonds. The highest BCUT2D eigenvalue weighted by atomic mass is 127. The Morgan fingerprint density at radius 2 is 1.63 bits per heavy atom. The maximum atomic E-state index is 12.9. The fraction of sp³-hybridized carbons (Fsp3) is 0.0500. The summed E-state index contributed by atoms with van der Waals surface area (Å²) in [7, 11) is -4.24. The first-order valence-corrected chi connectivity index (χ1v) is 12.8. The monoisotopic (exact) mass is 622 g/mol. The lowest BCUT2D eigenvalue weighted by Gasteiger charge is -2.12. The number of alkyl halides is 3. The second-order valence-corrected chi connectivity index (χ2v) is 9.52. The van der Waals surface area contributed by atoms with Crippen LogP contribution in [0.2, 0.25) is 0 Å². The molecule has 35 heavy (non-hydrogen) atoms. The summed E-state index contributed by atoms with van der Waals surface area (Å²) in [5, 5.41) is 13.5. The van der Waals surface area contributed by atoms with Crippen molar-refractivity contribution in [1.82, 2.24) is 0 Å². The molecule has 0 saturated carbocycles. The molecule has 0 atom stereocenters. The van der Waals surface area contributed by atoms with Crippen LogP contribution in [-0.4, -0.2) is 19.2 Å². The van der Waals surface area contributed by atoms with Gasteiger partial charge in [0.15, 0.2) is 0 Å². The molecule has 0 saturated heterocycles. The van der Waals surface area contributed by atoms with E-state index in [1.165, 1.54) is 24.3 Å². The van der Waals surface area contributed by atoms with Gasteiger partial charge in [0.2, 0.25) is 0 Å². The lowest BCUT2D eigenvalue weighted by Crippen LogP contribution is -2.15. The molecule has 184 valence electrons. The number of halogens is 4. The van der Waals surface area contributed by atoms with Gasteiger partial charge in [-0.25, -0.2) is 11.5 Å². The quantitative estimate of drug-likeness (QED) is 0.134. The highest BCUT2D eigenvalue weighted by Crippen LogP contribution is 2.31. The Bertz CT molecular complexity index is 1400. The van der Waals surface area contributed by atoms with Crippen molar-refractivity contribution in [3.8, 4) is 0 Å². The highest BCUT2D eigenvalue weighted by molar-refractivity contribution is 14.1. The number of nitro benzene ring substituents is 1. The number of benzene rings is 3. The van der Waals surface area contributed by atoms with E-state index in [1.54, 1.807) is 0 Å². The minimum absolute atomic E-state index is 0.109. The molecule has 3 N–H and O–H groups in total. The van der Waals surface area contributed by atoms with Gasteiger partial charge >= 0.3 is 6.18 Å². The highest BCUT2D eigenvalue weighted by Gasteiger charge is 2.30.